The Balaban J connectivity index is 2.10. The molecule has 0 aliphatic heterocycles. The second-order valence-electron chi connectivity index (χ2n) is 5.40. The number of nitro benzene ring substituents is 1. The van der Waals surface area contributed by atoms with Gasteiger partial charge in [0.1, 0.15) is 0 Å². The lowest BCUT2D eigenvalue weighted by atomic mass is 10.1. The number of nitrogens with one attached hydrogen (secondary N) is 2. The van der Waals surface area contributed by atoms with Crippen molar-refractivity contribution < 1.29 is 24.0 Å². The Kier molecular flexibility index (Phi) is 7.03. The van der Waals surface area contributed by atoms with E-state index in [1.807, 2.05) is 18.2 Å². The van der Waals surface area contributed by atoms with Crippen LogP contribution in [0.1, 0.15) is 12.5 Å². The van der Waals surface area contributed by atoms with Gasteiger partial charge in [0.25, 0.3) is 5.91 Å². The summed E-state index contributed by atoms with van der Waals surface area (Å²) < 4.78 is 9.92. The zero-order valence-corrected chi connectivity index (χ0v) is 15.2. The van der Waals surface area contributed by atoms with Crippen LogP contribution in [0, 0.1) is 10.1 Å². The predicted molar refractivity (Wildman–Crippen MR) is 102 cm³/mol. The van der Waals surface area contributed by atoms with Crippen molar-refractivity contribution in [1.82, 2.24) is 5.43 Å². The third-order valence-electron chi connectivity index (χ3n) is 3.39. The highest BCUT2D eigenvalue weighted by Crippen LogP contribution is 2.39. The minimum absolute atomic E-state index is 0.0296. The summed E-state index contributed by atoms with van der Waals surface area (Å²) >= 11 is 0. The van der Waals surface area contributed by atoms with Crippen molar-refractivity contribution >= 4 is 29.5 Å². The zero-order chi connectivity index (χ0) is 20.5. The first-order valence-corrected chi connectivity index (χ1v) is 8.07. The summed E-state index contributed by atoms with van der Waals surface area (Å²) in [5.74, 6) is -1.39. The number of carbonyl (C=O) groups is 2. The number of amides is 1. The average molecular weight is 386 g/mol. The first kappa shape index (κ1) is 20.4. The molecule has 0 spiro atoms. The Morgan fingerprint density at radius 2 is 1.93 bits per heavy atom. The predicted octanol–water partition coefficient (Wildman–Crippen LogP) is 2.09. The van der Waals surface area contributed by atoms with Crippen LogP contribution in [0.4, 0.5) is 11.4 Å². The Morgan fingerprint density at radius 1 is 1.21 bits per heavy atom. The third-order valence-corrected chi connectivity index (χ3v) is 3.39. The van der Waals surface area contributed by atoms with Crippen LogP contribution in [0.5, 0.6) is 11.5 Å². The van der Waals surface area contributed by atoms with Gasteiger partial charge in [0.05, 0.1) is 30.4 Å². The van der Waals surface area contributed by atoms with Crippen LogP contribution in [-0.4, -0.2) is 36.7 Å². The lowest BCUT2D eigenvalue weighted by Gasteiger charge is -2.09. The van der Waals surface area contributed by atoms with Gasteiger partial charge in [-0.2, -0.15) is 5.10 Å². The van der Waals surface area contributed by atoms with Crippen LogP contribution < -0.4 is 20.2 Å². The van der Waals surface area contributed by atoms with E-state index >= 15 is 0 Å². The SMILES string of the molecule is COc1c(OC(C)=O)ccc(/C=N/NC(=O)CNc2ccccc2)c1[N+](=O)[O-]. The smallest absolute Gasteiger partial charge is 0.323 e. The van der Waals surface area contributed by atoms with Gasteiger partial charge in [-0.15, -0.1) is 0 Å². The number of rotatable bonds is 8. The Labute approximate surface area is 160 Å². The number of para-hydroxylation sites is 1. The zero-order valence-electron chi connectivity index (χ0n) is 15.2. The standard InChI is InChI=1S/C18H18N4O6/c1-12(23)28-15-9-8-13(17(22(25)26)18(15)27-2)10-20-21-16(24)11-19-14-6-4-3-5-7-14/h3-10,19H,11H2,1-2H3,(H,21,24)/b20-10+. The summed E-state index contributed by atoms with van der Waals surface area (Å²) in [6.07, 6.45) is 1.11. The van der Waals surface area contributed by atoms with Gasteiger partial charge in [-0.25, -0.2) is 5.43 Å². The molecular formula is C18H18N4O6. The molecule has 28 heavy (non-hydrogen) atoms. The Morgan fingerprint density at radius 3 is 2.54 bits per heavy atom. The van der Waals surface area contributed by atoms with Crippen molar-refractivity contribution in [2.45, 2.75) is 6.92 Å². The van der Waals surface area contributed by atoms with Crippen LogP contribution in [0.15, 0.2) is 47.6 Å². The molecule has 10 heteroatoms. The van der Waals surface area contributed by atoms with E-state index in [4.69, 9.17) is 9.47 Å². The van der Waals surface area contributed by atoms with Crippen LogP contribution in [0.2, 0.25) is 0 Å². The molecule has 1 amide bonds. The number of nitro groups is 1. The largest absolute Gasteiger partial charge is 0.488 e. The summed E-state index contributed by atoms with van der Waals surface area (Å²) in [5, 5.41) is 18.1. The number of esters is 1. The van der Waals surface area contributed by atoms with Gasteiger partial charge in [-0.05, 0) is 24.3 Å². The molecule has 0 radical (unpaired) electrons. The fourth-order valence-corrected chi connectivity index (χ4v) is 2.24. The van der Waals surface area contributed by atoms with Crippen molar-refractivity contribution in [3.63, 3.8) is 0 Å². The molecule has 0 fully saturated rings. The topological polar surface area (TPSA) is 132 Å². The Bertz CT molecular complexity index is 898. The molecule has 0 aliphatic rings. The molecular weight excluding hydrogens is 368 g/mol. The average Bonchev–Trinajstić information content (AvgIpc) is 2.67. The van der Waals surface area contributed by atoms with E-state index < -0.39 is 22.5 Å². The molecule has 2 rings (SSSR count). The molecule has 10 nitrogen and oxygen atoms in total. The minimum atomic E-state index is -0.689. The first-order valence-electron chi connectivity index (χ1n) is 8.07. The molecule has 2 N–H and O–H groups in total. The molecule has 0 saturated heterocycles. The van der Waals surface area contributed by atoms with E-state index in [0.29, 0.717) is 0 Å². The van der Waals surface area contributed by atoms with Crippen molar-refractivity contribution in [1.29, 1.82) is 0 Å². The maximum absolute atomic E-state index is 11.8. The maximum atomic E-state index is 11.8. The summed E-state index contributed by atoms with van der Waals surface area (Å²) in [6.45, 7) is 1.14. The van der Waals surface area contributed by atoms with Crippen molar-refractivity contribution in [2.75, 3.05) is 19.0 Å². The highest BCUT2D eigenvalue weighted by Gasteiger charge is 2.25. The van der Waals surface area contributed by atoms with Crippen LogP contribution in [0.25, 0.3) is 0 Å². The summed E-state index contributed by atoms with van der Waals surface area (Å²) in [6, 6.07) is 11.8. The summed E-state index contributed by atoms with van der Waals surface area (Å²) in [4.78, 5) is 33.7. The van der Waals surface area contributed by atoms with E-state index in [1.54, 1.807) is 12.1 Å². The number of benzene rings is 2. The van der Waals surface area contributed by atoms with Gasteiger partial charge in [0.2, 0.25) is 5.75 Å². The number of nitrogens with zero attached hydrogens (tertiary/aromatic N) is 2. The van der Waals surface area contributed by atoms with Gasteiger partial charge in [0.15, 0.2) is 5.75 Å². The van der Waals surface area contributed by atoms with Gasteiger partial charge >= 0.3 is 11.7 Å². The number of methoxy groups -OCH3 is 1. The van der Waals surface area contributed by atoms with Crippen molar-refractivity contribution in [3.8, 4) is 11.5 Å². The summed E-state index contributed by atoms with van der Waals surface area (Å²) in [5.41, 5.74) is 2.66. The summed E-state index contributed by atoms with van der Waals surface area (Å²) in [7, 11) is 1.22. The molecule has 0 heterocycles. The fraction of sp³-hybridized carbons (Fsp3) is 0.167. The highest BCUT2D eigenvalue weighted by molar-refractivity contribution is 5.90. The maximum Gasteiger partial charge on any atom is 0.323 e. The van der Waals surface area contributed by atoms with Gasteiger partial charge < -0.3 is 14.8 Å². The minimum Gasteiger partial charge on any atom is -0.488 e. The van der Waals surface area contributed by atoms with Crippen molar-refractivity contribution in [3.05, 3.63) is 58.1 Å². The van der Waals surface area contributed by atoms with Crippen LogP contribution in [-0.2, 0) is 9.59 Å². The number of carbonyl (C=O) groups excluding carboxylic acids is 2. The lowest BCUT2D eigenvalue weighted by molar-refractivity contribution is -0.385. The second-order valence-corrected chi connectivity index (χ2v) is 5.40. The fourth-order valence-electron chi connectivity index (χ4n) is 2.24. The lowest BCUT2D eigenvalue weighted by Crippen LogP contribution is -2.25. The monoisotopic (exact) mass is 386 g/mol. The van der Waals surface area contributed by atoms with E-state index in [1.165, 1.54) is 26.2 Å². The number of ether oxygens (including phenoxy) is 2. The molecule has 2 aromatic carbocycles. The van der Waals surface area contributed by atoms with Gasteiger partial charge in [-0.1, -0.05) is 18.2 Å². The van der Waals surface area contributed by atoms with E-state index in [2.05, 4.69) is 15.8 Å². The van der Waals surface area contributed by atoms with Crippen molar-refractivity contribution in [2.24, 2.45) is 5.10 Å². The number of hydrogen-bond donors (Lipinski definition) is 2. The molecule has 0 bridgehead atoms. The van der Waals surface area contributed by atoms with E-state index in [9.17, 15) is 19.7 Å². The second kappa shape index (κ2) is 9.67. The van der Waals surface area contributed by atoms with Crippen LogP contribution >= 0.6 is 0 Å². The number of hydrogen-bond acceptors (Lipinski definition) is 8. The van der Waals surface area contributed by atoms with E-state index in [0.717, 1.165) is 11.9 Å². The van der Waals surface area contributed by atoms with Gasteiger partial charge in [-0.3, -0.25) is 19.7 Å². The molecule has 0 unspecified atom stereocenters. The quantitative estimate of drug-likeness (QED) is 0.233. The first-order chi connectivity index (χ1) is 13.4. The molecule has 0 aliphatic carbocycles. The molecule has 0 atom stereocenters. The highest BCUT2D eigenvalue weighted by atomic mass is 16.6. The third kappa shape index (κ3) is 5.53. The van der Waals surface area contributed by atoms with E-state index in [-0.39, 0.29) is 23.6 Å². The van der Waals surface area contributed by atoms with Crippen LogP contribution in [0.3, 0.4) is 0 Å². The molecule has 146 valence electrons. The molecule has 0 saturated carbocycles. The number of anilines is 1. The molecule has 0 aromatic heterocycles. The normalized spacial score (nSPS) is 10.4. The Hall–Kier alpha value is -3.95. The number of hydrazone groups is 1. The van der Waals surface area contributed by atoms with Gasteiger partial charge in [0, 0.05) is 12.6 Å². The molecule has 2 aromatic rings.